The fraction of sp³-hybridized carbons (Fsp3) is 0.250. The maximum atomic E-state index is 12.7. The van der Waals surface area contributed by atoms with Gasteiger partial charge in [-0.05, 0) is 50.1 Å². The highest BCUT2D eigenvalue weighted by Crippen LogP contribution is 2.22. The molecular weight excluding hydrogens is 344 g/mol. The van der Waals surface area contributed by atoms with Crippen molar-refractivity contribution < 1.29 is 14.0 Å². The van der Waals surface area contributed by atoms with Crippen molar-refractivity contribution in [1.29, 1.82) is 0 Å². The van der Waals surface area contributed by atoms with Gasteiger partial charge in [-0.1, -0.05) is 0 Å². The van der Waals surface area contributed by atoms with Gasteiger partial charge in [0.1, 0.15) is 18.1 Å². The van der Waals surface area contributed by atoms with Gasteiger partial charge in [0.05, 0.1) is 11.8 Å². The molecule has 0 radical (unpaired) electrons. The van der Waals surface area contributed by atoms with Gasteiger partial charge in [0, 0.05) is 30.3 Å². The van der Waals surface area contributed by atoms with Crippen LogP contribution in [0.1, 0.15) is 29.0 Å². The Labute approximate surface area is 156 Å². The first-order valence-corrected chi connectivity index (χ1v) is 8.88. The molecule has 1 saturated heterocycles. The summed E-state index contributed by atoms with van der Waals surface area (Å²) in [5, 5.41) is 2.92. The third-order valence-electron chi connectivity index (χ3n) is 4.82. The van der Waals surface area contributed by atoms with Crippen LogP contribution in [0.3, 0.4) is 0 Å². The van der Waals surface area contributed by atoms with E-state index in [1.165, 1.54) is 12.5 Å². The van der Waals surface area contributed by atoms with E-state index in [2.05, 4.69) is 10.3 Å². The lowest BCUT2D eigenvalue weighted by molar-refractivity contribution is -0.119. The summed E-state index contributed by atoms with van der Waals surface area (Å²) >= 11 is 0. The van der Waals surface area contributed by atoms with Gasteiger partial charge in [-0.25, -0.2) is 4.98 Å². The molecule has 138 valence electrons. The molecule has 0 bridgehead atoms. The number of hydrogen-bond donors (Lipinski definition) is 1. The highest BCUT2D eigenvalue weighted by Gasteiger charge is 2.34. The standard InChI is InChI=1S/C20H20N4O3/c1-14-21-9-11-23(14)17-6-4-16(5-7-17)22-19(25)18-3-2-10-24(18)20(26)15-8-12-27-13-15/h4-9,11-13,18H,2-3,10H2,1H3,(H,22,25)/t18-/m1/s1. The monoisotopic (exact) mass is 364 g/mol. The molecule has 0 saturated carbocycles. The van der Waals surface area contributed by atoms with E-state index in [0.717, 1.165) is 17.9 Å². The largest absolute Gasteiger partial charge is 0.472 e. The molecule has 1 fully saturated rings. The zero-order valence-electron chi connectivity index (χ0n) is 15.0. The molecule has 4 rings (SSSR count). The lowest BCUT2D eigenvalue weighted by Crippen LogP contribution is -2.43. The van der Waals surface area contributed by atoms with Crippen LogP contribution >= 0.6 is 0 Å². The van der Waals surface area contributed by atoms with Crippen molar-refractivity contribution in [3.05, 3.63) is 66.6 Å². The Hall–Kier alpha value is -3.35. The molecule has 1 aliphatic heterocycles. The minimum absolute atomic E-state index is 0.170. The van der Waals surface area contributed by atoms with Crippen molar-refractivity contribution in [2.45, 2.75) is 25.8 Å². The Morgan fingerprint density at radius 2 is 2.04 bits per heavy atom. The Balaban J connectivity index is 1.45. The number of amides is 2. The quantitative estimate of drug-likeness (QED) is 0.772. The maximum absolute atomic E-state index is 12.7. The second kappa shape index (κ2) is 7.11. The van der Waals surface area contributed by atoms with Crippen molar-refractivity contribution in [2.75, 3.05) is 11.9 Å². The second-order valence-corrected chi connectivity index (χ2v) is 6.55. The molecular formula is C20H20N4O3. The summed E-state index contributed by atoms with van der Waals surface area (Å²) in [6.07, 6.45) is 7.97. The lowest BCUT2D eigenvalue weighted by Gasteiger charge is -2.23. The van der Waals surface area contributed by atoms with Crippen molar-refractivity contribution >= 4 is 17.5 Å². The van der Waals surface area contributed by atoms with Gasteiger partial charge in [0.25, 0.3) is 5.91 Å². The average molecular weight is 364 g/mol. The lowest BCUT2D eigenvalue weighted by atomic mass is 10.2. The van der Waals surface area contributed by atoms with Crippen LogP contribution in [0.5, 0.6) is 0 Å². The van der Waals surface area contributed by atoms with Gasteiger partial charge in [0.2, 0.25) is 5.91 Å². The van der Waals surface area contributed by atoms with E-state index in [1.807, 2.05) is 42.0 Å². The number of furan rings is 1. The van der Waals surface area contributed by atoms with Gasteiger partial charge in [0.15, 0.2) is 0 Å². The predicted molar refractivity (Wildman–Crippen MR) is 99.7 cm³/mol. The van der Waals surface area contributed by atoms with Gasteiger partial charge in [-0.2, -0.15) is 0 Å². The first-order chi connectivity index (χ1) is 13.1. The molecule has 7 nitrogen and oxygen atoms in total. The Kier molecular flexibility index (Phi) is 4.50. The third-order valence-corrected chi connectivity index (χ3v) is 4.82. The van der Waals surface area contributed by atoms with Crippen LogP contribution in [0.15, 0.2) is 59.7 Å². The number of carbonyl (C=O) groups excluding carboxylic acids is 2. The summed E-state index contributed by atoms with van der Waals surface area (Å²) in [7, 11) is 0. The van der Waals surface area contributed by atoms with Crippen LogP contribution in [-0.4, -0.2) is 38.9 Å². The van der Waals surface area contributed by atoms with E-state index in [0.29, 0.717) is 24.2 Å². The normalized spacial score (nSPS) is 16.5. The van der Waals surface area contributed by atoms with E-state index in [-0.39, 0.29) is 11.8 Å². The molecule has 0 aliphatic carbocycles. The van der Waals surface area contributed by atoms with Gasteiger partial charge in [-0.15, -0.1) is 0 Å². The van der Waals surface area contributed by atoms with Crippen LogP contribution in [0.4, 0.5) is 5.69 Å². The maximum Gasteiger partial charge on any atom is 0.257 e. The number of anilines is 1. The number of hydrogen-bond acceptors (Lipinski definition) is 4. The second-order valence-electron chi connectivity index (χ2n) is 6.55. The van der Waals surface area contributed by atoms with Crippen molar-refractivity contribution in [3.8, 4) is 5.69 Å². The number of nitrogens with zero attached hydrogens (tertiary/aromatic N) is 3. The summed E-state index contributed by atoms with van der Waals surface area (Å²) < 4.78 is 6.95. The predicted octanol–water partition coefficient (Wildman–Crippen LogP) is 3.02. The van der Waals surface area contributed by atoms with Crippen molar-refractivity contribution in [1.82, 2.24) is 14.5 Å². The third kappa shape index (κ3) is 3.36. The fourth-order valence-corrected chi connectivity index (χ4v) is 3.42. The number of rotatable bonds is 4. The molecule has 2 aromatic heterocycles. The van der Waals surface area contributed by atoms with Crippen LogP contribution in [-0.2, 0) is 4.79 Å². The van der Waals surface area contributed by atoms with Gasteiger partial charge < -0.3 is 19.2 Å². The molecule has 1 aromatic carbocycles. The van der Waals surface area contributed by atoms with Crippen molar-refractivity contribution in [3.63, 3.8) is 0 Å². The molecule has 2 amide bonds. The number of carbonyl (C=O) groups is 2. The molecule has 0 spiro atoms. The minimum atomic E-state index is -0.469. The Morgan fingerprint density at radius 3 is 2.70 bits per heavy atom. The zero-order chi connectivity index (χ0) is 18.8. The van der Waals surface area contributed by atoms with Crippen LogP contribution in [0.2, 0.25) is 0 Å². The highest BCUT2D eigenvalue weighted by atomic mass is 16.3. The summed E-state index contributed by atoms with van der Waals surface area (Å²) in [4.78, 5) is 31.1. The molecule has 3 heterocycles. The van der Waals surface area contributed by atoms with Gasteiger partial charge in [-0.3, -0.25) is 9.59 Å². The van der Waals surface area contributed by atoms with E-state index in [4.69, 9.17) is 4.42 Å². The molecule has 3 aromatic rings. The van der Waals surface area contributed by atoms with E-state index in [9.17, 15) is 9.59 Å². The van der Waals surface area contributed by atoms with Crippen LogP contribution < -0.4 is 5.32 Å². The molecule has 7 heteroatoms. The summed E-state index contributed by atoms with van der Waals surface area (Å²) in [5.41, 5.74) is 2.14. The fourth-order valence-electron chi connectivity index (χ4n) is 3.42. The van der Waals surface area contributed by atoms with Crippen LogP contribution in [0.25, 0.3) is 5.69 Å². The van der Waals surface area contributed by atoms with E-state index >= 15 is 0 Å². The molecule has 1 aliphatic rings. The first kappa shape index (κ1) is 17.1. The number of likely N-dealkylation sites (tertiary alicyclic amines) is 1. The first-order valence-electron chi connectivity index (χ1n) is 8.88. The average Bonchev–Trinajstić information content (AvgIpc) is 3.43. The Morgan fingerprint density at radius 1 is 1.22 bits per heavy atom. The smallest absolute Gasteiger partial charge is 0.257 e. The summed E-state index contributed by atoms with van der Waals surface area (Å²) in [6.45, 7) is 2.50. The zero-order valence-corrected chi connectivity index (χ0v) is 15.0. The SMILES string of the molecule is Cc1nccn1-c1ccc(NC(=O)[C@H]2CCCN2C(=O)c2ccoc2)cc1. The number of benzene rings is 1. The summed E-state index contributed by atoms with van der Waals surface area (Å²) in [6, 6.07) is 8.70. The number of aryl methyl sites for hydroxylation is 1. The van der Waals surface area contributed by atoms with Crippen molar-refractivity contribution in [2.24, 2.45) is 0 Å². The molecule has 27 heavy (non-hydrogen) atoms. The van der Waals surface area contributed by atoms with Gasteiger partial charge >= 0.3 is 0 Å². The highest BCUT2D eigenvalue weighted by molar-refractivity contribution is 6.01. The van der Waals surface area contributed by atoms with Crippen LogP contribution in [0, 0.1) is 6.92 Å². The van der Waals surface area contributed by atoms with E-state index in [1.54, 1.807) is 17.2 Å². The molecule has 1 atom stereocenters. The molecule has 1 N–H and O–H groups in total. The van der Waals surface area contributed by atoms with E-state index < -0.39 is 6.04 Å². The molecule has 0 unspecified atom stereocenters. The number of aromatic nitrogens is 2. The number of nitrogens with one attached hydrogen (secondary N) is 1. The minimum Gasteiger partial charge on any atom is -0.472 e. The number of imidazole rings is 1. The Bertz CT molecular complexity index is 944. The summed E-state index contributed by atoms with van der Waals surface area (Å²) in [5.74, 6) is 0.550. The topological polar surface area (TPSA) is 80.4 Å².